The summed E-state index contributed by atoms with van der Waals surface area (Å²) in [5.74, 6) is 0.976. The van der Waals surface area contributed by atoms with Crippen LogP contribution in [0.5, 0.6) is 0 Å². The van der Waals surface area contributed by atoms with E-state index in [-0.39, 0.29) is 0 Å². The van der Waals surface area contributed by atoms with Crippen LogP contribution in [0.2, 0.25) is 0 Å². The Morgan fingerprint density at radius 2 is 2.14 bits per heavy atom. The van der Waals surface area contributed by atoms with Crippen molar-refractivity contribution in [1.29, 1.82) is 0 Å². The summed E-state index contributed by atoms with van der Waals surface area (Å²) in [6.07, 6.45) is 8.24. The van der Waals surface area contributed by atoms with E-state index in [1.807, 2.05) is 0 Å². The first-order valence-electron chi connectivity index (χ1n) is 9.17. The lowest BCUT2D eigenvalue weighted by molar-refractivity contribution is 0.107. The molecule has 2 unspecified atom stereocenters. The van der Waals surface area contributed by atoms with Crippen LogP contribution in [0, 0.1) is 11.3 Å². The summed E-state index contributed by atoms with van der Waals surface area (Å²) < 4.78 is 5.76. The highest BCUT2D eigenvalue weighted by Crippen LogP contribution is 2.31. The zero-order valence-electron chi connectivity index (χ0n) is 14.5. The summed E-state index contributed by atoms with van der Waals surface area (Å²) in [5, 5.41) is 3.66. The van der Waals surface area contributed by atoms with Gasteiger partial charge in [0.15, 0.2) is 0 Å². The monoisotopic (exact) mass is 296 g/mol. The largest absolute Gasteiger partial charge is 0.381 e. The van der Waals surface area contributed by atoms with Gasteiger partial charge in [0, 0.05) is 31.2 Å². The van der Waals surface area contributed by atoms with E-state index in [1.165, 1.54) is 58.2 Å². The van der Waals surface area contributed by atoms with Crippen LogP contribution < -0.4 is 5.32 Å². The van der Waals surface area contributed by atoms with Crippen LogP contribution in [0.1, 0.15) is 59.3 Å². The molecule has 3 heteroatoms. The summed E-state index contributed by atoms with van der Waals surface area (Å²) in [6.45, 7) is 13.6. The molecule has 2 rings (SSSR count). The molecular formula is C18H36N2O. The molecule has 2 atom stereocenters. The van der Waals surface area contributed by atoms with Crippen molar-refractivity contribution in [2.75, 3.05) is 39.4 Å². The van der Waals surface area contributed by atoms with E-state index in [1.54, 1.807) is 0 Å². The van der Waals surface area contributed by atoms with Gasteiger partial charge in [-0.05, 0) is 44.7 Å². The molecule has 2 aliphatic heterocycles. The fraction of sp³-hybridized carbons (Fsp3) is 1.00. The molecule has 3 nitrogen and oxygen atoms in total. The molecule has 0 amide bonds. The van der Waals surface area contributed by atoms with Crippen molar-refractivity contribution >= 4 is 0 Å². The molecule has 1 N–H and O–H groups in total. The average Bonchev–Trinajstić information content (AvgIpc) is 2.80. The third-order valence-electron chi connectivity index (χ3n) is 5.27. The Bertz CT molecular complexity index is 287. The van der Waals surface area contributed by atoms with Gasteiger partial charge in [-0.2, -0.15) is 0 Å². The Hall–Kier alpha value is -0.120. The molecule has 2 fully saturated rings. The minimum absolute atomic E-state index is 0.356. The fourth-order valence-corrected chi connectivity index (χ4v) is 3.94. The number of hydrogen-bond acceptors (Lipinski definition) is 3. The van der Waals surface area contributed by atoms with E-state index in [0.29, 0.717) is 11.5 Å². The lowest BCUT2D eigenvalue weighted by Crippen LogP contribution is -2.46. The standard InChI is InChI=1S/C18H36N2O/c1-4-6-17-7-5-10-20(11-8-17)14-18(9-12-21-15-18)13-19-16(2)3/h16-17,19H,4-15H2,1-3H3. The Kier molecular flexibility index (Phi) is 6.97. The molecule has 0 aliphatic carbocycles. The summed E-state index contributed by atoms with van der Waals surface area (Å²) in [6, 6.07) is 0.570. The highest BCUT2D eigenvalue weighted by atomic mass is 16.5. The molecule has 0 aromatic carbocycles. The Morgan fingerprint density at radius 1 is 1.29 bits per heavy atom. The number of likely N-dealkylation sites (tertiary alicyclic amines) is 1. The molecule has 2 saturated heterocycles. The van der Waals surface area contributed by atoms with E-state index < -0.39 is 0 Å². The van der Waals surface area contributed by atoms with Crippen LogP contribution in [0.4, 0.5) is 0 Å². The third kappa shape index (κ3) is 5.54. The summed E-state index contributed by atoms with van der Waals surface area (Å²) >= 11 is 0. The molecule has 0 spiro atoms. The maximum atomic E-state index is 5.76. The first-order chi connectivity index (χ1) is 10.1. The molecule has 21 heavy (non-hydrogen) atoms. The van der Waals surface area contributed by atoms with Gasteiger partial charge in [0.05, 0.1) is 6.61 Å². The highest BCUT2D eigenvalue weighted by molar-refractivity contribution is 4.89. The predicted octanol–water partition coefficient (Wildman–Crippen LogP) is 3.29. The van der Waals surface area contributed by atoms with Gasteiger partial charge in [0.25, 0.3) is 0 Å². The fourth-order valence-electron chi connectivity index (χ4n) is 3.94. The van der Waals surface area contributed by atoms with Gasteiger partial charge in [-0.25, -0.2) is 0 Å². The van der Waals surface area contributed by atoms with Gasteiger partial charge in [0.1, 0.15) is 0 Å². The number of nitrogens with one attached hydrogen (secondary N) is 1. The van der Waals surface area contributed by atoms with Crippen LogP contribution in [0.15, 0.2) is 0 Å². The van der Waals surface area contributed by atoms with Gasteiger partial charge in [-0.15, -0.1) is 0 Å². The number of nitrogens with zero attached hydrogens (tertiary/aromatic N) is 1. The normalized spacial score (nSPS) is 31.7. The molecule has 0 saturated carbocycles. The molecule has 0 radical (unpaired) electrons. The number of ether oxygens (including phenoxy) is 1. The second kappa shape index (κ2) is 8.50. The van der Waals surface area contributed by atoms with Crippen LogP contribution in [-0.4, -0.2) is 50.3 Å². The smallest absolute Gasteiger partial charge is 0.0547 e. The molecule has 124 valence electrons. The maximum Gasteiger partial charge on any atom is 0.0547 e. The molecule has 2 aliphatic rings. The minimum Gasteiger partial charge on any atom is -0.381 e. The molecule has 0 aromatic heterocycles. The molecular weight excluding hydrogens is 260 g/mol. The van der Waals surface area contributed by atoms with Gasteiger partial charge >= 0.3 is 0 Å². The average molecular weight is 296 g/mol. The second-order valence-corrected chi connectivity index (χ2v) is 7.70. The van der Waals surface area contributed by atoms with Crippen LogP contribution in [0.3, 0.4) is 0 Å². The van der Waals surface area contributed by atoms with E-state index in [0.717, 1.165) is 25.7 Å². The third-order valence-corrected chi connectivity index (χ3v) is 5.27. The van der Waals surface area contributed by atoms with Crippen molar-refractivity contribution in [3.63, 3.8) is 0 Å². The van der Waals surface area contributed by atoms with Gasteiger partial charge < -0.3 is 15.0 Å². The van der Waals surface area contributed by atoms with Gasteiger partial charge in [-0.1, -0.05) is 33.6 Å². The first-order valence-corrected chi connectivity index (χ1v) is 9.17. The summed E-state index contributed by atoms with van der Waals surface area (Å²) in [7, 11) is 0. The van der Waals surface area contributed by atoms with Crippen molar-refractivity contribution in [3.05, 3.63) is 0 Å². The lowest BCUT2D eigenvalue weighted by atomic mass is 9.86. The predicted molar refractivity (Wildman–Crippen MR) is 89.7 cm³/mol. The minimum atomic E-state index is 0.356. The van der Waals surface area contributed by atoms with E-state index in [2.05, 4.69) is 31.0 Å². The first kappa shape index (κ1) is 17.2. The van der Waals surface area contributed by atoms with Crippen LogP contribution >= 0.6 is 0 Å². The van der Waals surface area contributed by atoms with Crippen molar-refractivity contribution in [2.45, 2.75) is 65.3 Å². The summed E-state index contributed by atoms with van der Waals surface area (Å²) in [5.41, 5.74) is 0.356. The second-order valence-electron chi connectivity index (χ2n) is 7.70. The number of rotatable bonds is 7. The lowest BCUT2D eigenvalue weighted by Gasteiger charge is -2.34. The van der Waals surface area contributed by atoms with Gasteiger partial charge in [0.2, 0.25) is 0 Å². The van der Waals surface area contributed by atoms with Crippen molar-refractivity contribution in [1.82, 2.24) is 10.2 Å². The highest BCUT2D eigenvalue weighted by Gasteiger charge is 2.36. The van der Waals surface area contributed by atoms with Crippen molar-refractivity contribution < 1.29 is 4.74 Å². The van der Waals surface area contributed by atoms with Crippen LogP contribution in [0.25, 0.3) is 0 Å². The zero-order valence-corrected chi connectivity index (χ0v) is 14.5. The SMILES string of the molecule is CCCC1CCCN(CC2(CNC(C)C)CCOC2)CC1. The van der Waals surface area contributed by atoms with Crippen molar-refractivity contribution in [2.24, 2.45) is 11.3 Å². The van der Waals surface area contributed by atoms with E-state index in [4.69, 9.17) is 4.74 Å². The van der Waals surface area contributed by atoms with Gasteiger partial charge in [-0.3, -0.25) is 0 Å². The molecule has 2 heterocycles. The topological polar surface area (TPSA) is 24.5 Å². The molecule has 0 aromatic rings. The maximum absolute atomic E-state index is 5.76. The quantitative estimate of drug-likeness (QED) is 0.780. The zero-order chi connectivity index (χ0) is 15.1. The summed E-state index contributed by atoms with van der Waals surface area (Å²) in [4.78, 5) is 2.73. The van der Waals surface area contributed by atoms with Crippen molar-refractivity contribution in [3.8, 4) is 0 Å². The van der Waals surface area contributed by atoms with E-state index >= 15 is 0 Å². The van der Waals surface area contributed by atoms with Crippen LogP contribution in [-0.2, 0) is 4.74 Å². The Morgan fingerprint density at radius 3 is 2.81 bits per heavy atom. The van der Waals surface area contributed by atoms with E-state index in [9.17, 15) is 0 Å². The Labute approximate surface area is 131 Å². The molecule has 0 bridgehead atoms. The number of hydrogen-bond donors (Lipinski definition) is 1. The Balaban J connectivity index is 1.85.